The first-order valence-electron chi connectivity index (χ1n) is 5.98. The van der Waals surface area contributed by atoms with Crippen LogP contribution in [0, 0.1) is 5.92 Å². The van der Waals surface area contributed by atoms with Crippen molar-refractivity contribution in [3.63, 3.8) is 0 Å². The van der Waals surface area contributed by atoms with E-state index < -0.39 is 0 Å². The van der Waals surface area contributed by atoms with Gasteiger partial charge in [0.05, 0.1) is 25.2 Å². The summed E-state index contributed by atoms with van der Waals surface area (Å²) in [6.45, 7) is 0.883. The van der Waals surface area contributed by atoms with Crippen LogP contribution in [0.1, 0.15) is 25.7 Å². The molecule has 16 heavy (non-hydrogen) atoms. The summed E-state index contributed by atoms with van der Waals surface area (Å²) in [5.74, 6) is -0.247. The summed E-state index contributed by atoms with van der Waals surface area (Å²) >= 11 is 0. The number of nitrogens with two attached hydrogens (primary N) is 1. The maximum Gasteiger partial charge on any atom is 0.227 e. The third-order valence-electron chi connectivity index (χ3n) is 3.45. The van der Waals surface area contributed by atoms with Gasteiger partial charge < -0.3 is 20.9 Å². The second kappa shape index (κ2) is 5.12. The Bertz CT molecular complexity index is 260. The number of amides is 1. The standard InChI is InChI=1S/C11H20N2O3/c12-10-6-16-5-9(10)11(15)13-7-2-1-3-8(14)4-7/h7-10,14H,1-6,12H2,(H,13,15). The number of nitrogens with one attached hydrogen (secondary N) is 1. The number of hydrogen-bond acceptors (Lipinski definition) is 4. The molecule has 4 unspecified atom stereocenters. The number of rotatable bonds is 2. The molecule has 1 amide bonds. The van der Waals surface area contributed by atoms with Crippen LogP contribution >= 0.6 is 0 Å². The first-order chi connectivity index (χ1) is 7.66. The van der Waals surface area contributed by atoms with E-state index in [1.165, 1.54) is 0 Å². The fourth-order valence-electron chi connectivity index (χ4n) is 2.44. The molecule has 2 rings (SSSR count). The van der Waals surface area contributed by atoms with Crippen LogP contribution in [0.2, 0.25) is 0 Å². The van der Waals surface area contributed by atoms with Gasteiger partial charge in [0.15, 0.2) is 0 Å². The summed E-state index contributed by atoms with van der Waals surface area (Å²) < 4.78 is 5.17. The van der Waals surface area contributed by atoms with E-state index in [-0.39, 0.29) is 30.0 Å². The normalized spacial score (nSPS) is 39.6. The molecule has 5 heteroatoms. The van der Waals surface area contributed by atoms with Gasteiger partial charge in [-0.05, 0) is 25.7 Å². The molecule has 1 aliphatic heterocycles. The molecule has 2 aliphatic rings. The van der Waals surface area contributed by atoms with Gasteiger partial charge in [0, 0.05) is 12.1 Å². The van der Waals surface area contributed by atoms with Crippen LogP contribution in [0.4, 0.5) is 0 Å². The maximum absolute atomic E-state index is 11.9. The van der Waals surface area contributed by atoms with E-state index in [1.54, 1.807) is 0 Å². The van der Waals surface area contributed by atoms with Crippen LogP contribution in [0.25, 0.3) is 0 Å². The van der Waals surface area contributed by atoms with E-state index >= 15 is 0 Å². The lowest BCUT2D eigenvalue weighted by atomic mass is 9.92. The largest absolute Gasteiger partial charge is 0.393 e. The highest BCUT2D eigenvalue weighted by Crippen LogP contribution is 2.19. The highest BCUT2D eigenvalue weighted by Gasteiger charge is 2.33. The summed E-state index contributed by atoms with van der Waals surface area (Å²) in [6, 6.07) is -0.0856. The zero-order valence-corrected chi connectivity index (χ0v) is 9.39. The van der Waals surface area contributed by atoms with Crippen LogP contribution in [0.15, 0.2) is 0 Å². The average molecular weight is 228 g/mol. The van der Waals surface area contributed by atoms with Gasteiger partial charge in [0.2, 0.25) is 5.91 Å². The van der Waals surface area contributed by atoms with E-state index in [9.17, 15) is 9.90 Å². The minimum atomic E-state index is -0.271. The van der Waals surface area contributed by atoms with Crippen LogP contribution in [0.3, 0.4) is 0 Å². The van der Waals surface area contributed by atoms with E-state index in [4.69, 9.17) is 10.5 Å². The van der Waals surface area contributed by atoms with Gasteiger partial charge in [-0.1, -0.05) is 0 Å². The van der Waals surface area contributed by atoms with Gasteiger partial charge in [-0.3, -0.25) is 4.79 Å². The summed E-state index contributed by atoms with van der Waals surface area (Å²) in [4.78, 5) is 11.9. The zero-order valence-electron chi connectivity index (χ0n) is 9.39. The van der Waals surface area contributed by atoms with Crippen molar-refractivity contribution in [2.75, 3.05) is 13.2 Å². The van der Waals surface area contributed by atoms with Crippen LogP contribution in [0.5, 0.6) is 0 Å². The molecule has 1 aliphatic carbocycles. The zero-order chi connectivity index (χ0) is 11.5. The highest BCUT2D eigenvalue weighted by molar-refractivity contribution is 5.80. The molecule has 92 valence electrons. The first kappa shape index (κ1) is 11.8. The molecule has 0 aromatic carbocycles. The first-order valence-corrected chi connectivity index (χ1v) is 5.98. The second-order valence-corrected chi connectivity index (χ2v) is 4.83. The van der Waals surface area contributed by atoms with Gasteiger partial charge in [-0.15, -0.1) is 0 Å². The van der Waals surface area contributed by atoms with Crippen molar-refractivity contribution >= 4 is 5.91 Å². The molecule has 0 bridgehead atoms. The average Bonchev–Trinajstić information content (AvgIpc) is 2.64. The Morgan fingerprint density at radius 3 is 2.81 bits per heavy atom. The number of aliphatic hydroxyl groups is 1. The predicted octanol–water partition coefficient (Wildman–Crippen LogP) is -0.620. The minimum Gasteiger partial charge on any atom is -0.393 e. The molecule has 0 radical (unpaired) electrons. The van der Waals surface area contributed by atoms with Crippen molar-refractivity contribution in [2.24, 2.45) is 11.7 Å². The number of hydrogen-bond donors (Lipinski definition) is 3. The van der Waals surface area contributed by atoms with Crippen LogP contribution < -0.4 is 11.1 Å². The fraction of sp³-hybridized carbons (Fsp3) is 0.909. The highest BCUT2D eigenvalue weighted by atomic mass is 16.5. The Hall–Kier alpha value is -0.650. The van der Waals surface area contributed by atoms with Crippen molar-refractivity contribution < 1.29 is 14.6 Å². The van der Waals surface area contributed by atoms with Gasteiger partial charge in [-0.25, -0.2) is 0 Å². The monoisotopic (exact) mass is 228 g/mol. The number of aliphatic hydroxyl groups excluding tert-OH is 1. The molecule has 0 aromatic rings. The molecule has 4 atom stereocenters. The summed E-state index contributed by atoms with van der Waals surface area (Å²) in [7, 11) is 0. The van der Waals surface area contributed by atoms with Crippen LogP contribution in [-0.2, 0) is 9.53 Å². The summed E-state index contributed by atoms with van der Waals surface area (Å²) in [6.07, 6.45) is 3.16. The molecule has 2 fully saturated rings. The van der Waals surface area contributed by atoms with E-state index in [0.717, 1.165) is 19.3 Å². The lowest BCUT2D eigenvalue weighted by molar-refractivity contribution is -0.126. The molecule has 4 N–H and O–H groups in total. The molecule has 5 nitrogen and oxygen atoms in total. The number of carbonyl (C=O) groups excluding carboxylic acids is 1. The summed E-state index contributed by atoms with van der Waals surface area (Å²) in [5.41, 5.74) is 5.78. The quantitative estimate of drug-likeness (QED) is 0.588. The maximum atomic E-state index is 11.9. The molecule has 0 aromatic heterocycles. The van der Waals surface area contributed by atoms with Crippen molar-refractivity contribution in [1.29, 1.82) is 0 Å². The molecule has 1 saturated carbocycles. The topological polar surface area (TPSA) is 84.6 Å². The molecule has 1 heterocycles. The Morgan fingerprint density at radius 2 is 2.19 bits per heavy atom. The summed E-state index contributed by atoms with van der Waals surface area (Å²) in [5, 5.41) is 12.5. The molecular weight excluding hydrogens is 208 g/mol. The Balaban J connectivity index is 1.82. The Labute approximate surface area is 95.3 Å². The number of carbonyl (C=O) groups is 1. The van der Waals surface area contributed by atoms with Gasteiger partial charge in [0.1, 0.15) is 0 Å². The van der Waals surface area contributed by atoms with E-state index in [0.29, 0.717) is 19.6 Å². The second-order valence-electron chi connectivity index (χ2n) is 4.83. The van der Waals surface area contributed by atoms with Crippen molar-refractivity contribution in [3.8, 4) is 0 Å². The lowest BCUT2D eigenvalue weighted by Crippen LogP contribution is -2.46. The third-order valence-corrected chi connectivity index (χ3v) is 3.45. The third kappa shape index (κ3) is 2.72. The van der Waals surface area contributed by atoms with Crippen molar-refractivity contribution in [3.05, 3.63) is 0 Å². The molecule has 1 saturated heterocycles. The smallest absolute Gasteiger partial charge is 0.227 e. The Kier molecular flexibility index (Phi) is 3.78. The molecule has 0 spiro atoms. The predicted molar refractivity (Wildman–Crippen MR) is 58.7 cm³/mol. The van der Waals surface area contributed by atoms with Gasteiger partial charge in [0.25, 0.3) is 0 Å². The van der Waals surface area contributed by atoms with Gasteiger partial charge in [-0.2, -0.15) is 0 Å². The van der Waals surface area contributed by atoms with Crippen molar-refractivity contribution in [1.82, 2.24) is 5.32 Å². The SMILES string of the molecule is NC1COCC1C(=O)NC1CCCC(O)C1. The number of ether oxygens (including phenoxy) is 1. The van der Waals surface area contributed by atoms with Crippen LogP contribution in [-0.4, -0.2) is 42.4 Å². The lowest BCUT2D eigenvalue weighted by Gasteiger charge is -2.28. The molecular formula is C11H20N2O3. The Morgan fingerprint density at radius 1 is 1.38 bits per heavy atom. The van der Waals surface area contributed by atoms with E-state index in [1.807, 2.05) is 0 Å². The minimum absolute atomic E-state index is 0.0240. The van der Waals surface area contributed by atoms with Crippen molar-refractivity contribution in [2.45, 2.75) is 43.9 Å². The van der Waals surface area contributed by atoms with E-state index in [2.05, 4.69) is 5.32 Å². The fourth-order valence-corrected chi connectivity index (χ4v) is 2.44. The van der Waals surface area contributed by atoms with Gasteiger partial charge >= 0.3 is 0 Å².